The molecule has 2 aromatic rings. The number of thioether (sulfide) groups is 1. The van der Waals surface area contributed by atoms with Crippen LogP contribution in [0.5, 0.6) is 0 Å². The number of aromatic nitrogens is 2. The minimum Gasteiger partial charge on any atom is -0.350 e. The Kier molecular flexibility index (Phi) is 5.84. The summed E-state index contributed by atoms with van der Waals surface area (Å²) in [4.78, 5) is 22.0. The fourth-order valence-electron chi connectivity index (χ4n) is 3.10. The van der Waals surface area contributed by atoms with E-state index in [1.165, 1.54) is 6.07 Å². The number of nitro groups is 1. The normalized spacial score (nSPS) is 18.6. The molecule has 144 valence electrons. The zero-order valence-corrected chi connectivity index (χ0v) is 16.9. The zero-order chi connectivity index (χ0) is 19.6. The van der Waals surface area contributed by atoms with Crippen LogP contribution in [-0.2, 0) is 13.0 Å². The van der Waals surface area contributed by atoms with Crippen molar-refractivity contribution in [3.63, 3.8) is 0 Å². The van der Waals surface area contributed by atoms with Gasteiger partial charge in [-0.1, -0.05) is 25.6 Å². The lowest BCUT2D eigenvalue weighted by atomic mass is 10.1. The van der Waals surface area contributed by atoms with Crippen LogP contribution in [0.15, 0.2) is 35.7 Å². The minimum atomic E-state index is -0.380. The summed E-state index contributed by atoms with van der Waals surface area (Å²) in [6, 6.07) is 5.13. The standard InChI is InChI=1S/C19H25N5O2S/c1-13(2)9-23-10-15(20-12-23)8-17-11-27-19(22(17)4)21-18-6-5-16(24(25)26)7-14(18)3/h5-7,10,12-13,17H,8-9,11H2,1-4H3. The first-order chi connectivity index (χ1) is 12.8. The Hall–Kier alpha value is -2.35. The number of imidazole rings is 1. The highest BCUT2D eigenvalue weighted by atomic mass is 32.2. The average Bonchev–Trinajstić information content (AvgIpc) is 3.17. The third kappa shape index (κ3) is 4.68. The predicted octanol–water partition coefficient (Wildman–Crippen LogP) is 4.03. The molecular weight excluding hydrogens is 362 g/mol. The molecule has 0 aliphatic carbocycles. The number of rotatable bonds is 6. The summed E-state index contributed by atoms with van der Waals surface area (Å²) in [5.41, 5.74) is 2.78. The van der Waals surface area contributed by atoms with Crippen molar-refractivity contribution in [2.24, 2.45) is 10.9 Å². The highest BCUT2D eigenvalue weighted by molar-refractivity contribution is 8.14. The summed E-state index contributed by atoms with van der Waals surface area (Å²) in [7, 11) is 2.05. The number of non-ortho nitro benzene ring substituents is 1. The lowest BCUT2D eigenvalue weighted by Crippen LogP contribution is -2.31. The second kappa shape index (κ2) is 8.12. The van der Waals surface area contributed by atoms with Crippen LogP contribution in [0.2, 0.25) is 0 Å². The molecule has 1 aliphatic rings. The Labute approximate surface area is 163 Å². The van der Waals surface area contributed by atoms with E-state index in [2.05, 4.69) is 41.5 Å². The fourth-order valence-corrected chi connectivity index (χ4v) is 4.30. The van der Waals surface area contributed by atoms with E-state index in [0.29, 0.717) is 12.0 Å². The van der Waals surface area contributed by atoms with E-state index >= 15 is 0 Å². The van der Waals surface area contributed by atoms with Crippen LogP contribution in [0.25, 0.3) is 0 Å². The molecule has 1 aromatic heterocycles. The Bertz CT molecular complexity index is 862. The van der Waals surface area contributed by atoms with Gasteiger partial charge in [-0.05, 0) is 24.5 Å². The van der Waals surface area contributed by atoms with Crippen molar-refractivity contribution >= 4 is 28.3 Å². The lowest BCUT2D eigenvalue weighted by molar-refractivity contribution is -0.384. The number of amidine groups is 1. The number of benzene rings is 1. The van der Waals surface area contributed by atoms with Gasteiger partial charge in [0.15, 0.2) is 5.17 Å². The Morgan fingerprint density at radius 3 is 2.89 bits per heavy atom. The summed E-state index contributed by atoms with van der Waals surface area (Å²) in [5, 5.41) is 11.8. The molecule has 0 N–H and O–H groups in total. The van der Waals surface area contributed by atoms with E-state index in [-0.39, 0.29) is 10.6 Å². The minimum absolute atomic E-state index is 0.0961. The molecule has 2 heterocycles. The maximum absolute atomic E-state index is 10.9. The van der Waals surface area contributed by atoms with Crippen molar-refractivity contribution < 1.29 is 4.92 Å². The molecule has 0 saturated carbocycles. The third-order valence-corrected chi connectivity index (χ3v) is 5.76. The van der Waals surface area contributed by atoms with Gasteiger partial charge in [0.2, 0.25) is 0 Å². The molecule has 0 amide bonds. The van der Waals surface area contributed by atoms with E-state index in [1.54, 1.807) is 23.9 Å². The Balaban J connectivity index is 1.69. The van der Waals surface area contributed by atoms with Gasteiger partial charge in [0.25, 0.3) is 5.69 Å². The van der Waals surface area contributed by atoms with Crippen molar-refractivity contribution in [3.8, 4) is 0 Å². The molecule has 0 radical (unpaired) electrons. The van der Waals surface area contributed by atoms with Crippen LogP contribution in [0.4, 0.5) is 11.4 Å². The highest BCUT2D eigenvalue weighted by Gasteiger charge is 2.28. The first kappa shape index (κ1) is 19.4. The van der Waals surface area contributed by atoms with Crippen molar-refractivity contribution in [2.75, 3.05) is 12.8 Å². The van der Waals surface area contributed by atoms with Gasteiger partial charge in [-0.2, -0.15) is 0 Å². The quantitative estimate of drug-likeness (QED) is 0.552. The maximum atomic E-state index is 10.9. The maximum Gasteiger partial charge on any atom is 0.269 e. The smallest absolute Gasteiger partial charge is 0.269 e. The topological polar surface area (TPSA) is 76.6 Å². The highest BCUT2D eigenvalue weighted by Crippen LogP contribution is 2.30. The average molecular weight is 388 g/mol. The van der Waals surface area contributed by atoms with E-state index < -0.39 is 0 Å². The summed E-state index contributed by atoms with van der Waals surface area (Å²) in [6.45, 7) is 7.23. The van der Waals surface area contributed by atoms with Crippen LogP contribution >= 0.6 is 11.8 Å². The summed E-state index contributed by atoms with van der Waals surface area (Å²) in [6.07, 6.45) is 4.92. The predicted molar refractivity (Wildman–Crippen MR) is 110 cm³/mol. The largest absolute Gasteiger partial charge is 0.350 e. The van der Waals surface area contributed by atoms with Gasteiger partial charge in [-0.25, -0.2) is 9.98 Å². The first-order valence-corrected chi connectivity index (χ1v) is 10.0. The van der Waals surface area contributed by atoms with Gasteiger partial charge in [0.1, 0.15) is 0 Å². The molecule has 1 aromatic carbocycles. The molecule has 1 unspecified atom stereocenters. The van der Waals surface area contributed by atoms with Crippen LogP contribution in [0.1, 0.15) is 25.1 Å². The van der Waals surface area contributed by atoms with Gasteiger partial charge in [-0.3, -0.25) is 10.1 Å². The number of nitro benzene ring substituents is 1. The molecule has 1 atom stereocenters. The van der Waals surface area contributed by atoms with Crippen LogP contribution in [0.3, 0.4) is 0 Å². The molecule has 27 heavy (non-hydrogen) atoms. The van der Waals surface area contributed by atoms with Gasteiger partial charge in [0.05, 0.1) is 22.6 Å². The first-order valence-electron chi connectivity index (χ1n) is 9.03. The monoisotopic (exact) mass is 387 g/mol. The zero-order valence-electron chi connectivity index (χ0n) is 16.1. The van der Waals surface area contributed by atoms with E-state index in [9.17, 15) is 10.1 Å². The Morgan fingerprint density at radius 1 is 1.44 bits per heavy atom. The van der Waals surface area contributed by atoms with Crippen molar-refractivity contribution in [2.45, 2.75) is 39.8 Å². The summed E-state index contributed by atoms with van der Waals surface area (Å²) >= 11 is 1.72. The number of hydrogen-bond acceptors (Lipinski definition) is 5. The lowest BCUT2D eigenvalue weighted by Gasteiger charge is -2.20. The molecular formula is C19H25N5O2S. The number of aryl methyl sites for hydroxylation is 1. The number of hydrogen-bond donors (Lipinski definition) is 0. The number of likely N-dealkylation sites (N-methyl/N-ethyl adjacent to an activating group) is 1. The van der Waals surface area contributed by atoms with Gasteiger partial charge < -0.3 is 9.47 Å². The van der Waals surface area contributed by atoms with Crippen molar-refractivity contribution in [1.82, 2.24) is 14.5 Å². The van der Waals surface area contributed by atoms with Crippen LogP contribution in [-0.4, -0.2) is 43.4 Å². The van der Waals surface area contributed by atoms with Gasteiger partial charge in [0, 0.05) is 50.1 Å². The number of aliphatic imine (C=N–C) groups is 1. The van der Waals surface area contributed by atoms with Crippen molar-refractivity contribution in [3.05, 3.63) is 52.1 Å². The Morgan fingerprint density at radius 2 is 2.22 bits per heavy atom. The molecule has 1 aliphatic heterocycles. The fraction of sp³-hybridized carbons (Fsp3) is 0.474. The van der Waals surface area contributed by atoms with Gasteiger partial charge >= 0.3 is 0 Å². The third-order valence-electron chi connectivity index (χ3n) is 4.57. The second-order valence-electron chi connectivity index (χ2n) is 7.36. The second-order valence-corrected chi connectivity index (χ2v) is 8.34. The molecule has 1 saturated heterocycles. The molecule has 0 spiro atoms. The van der Waals surface area contributed by atoms with Crippen LogP contribution < -0.4 is 0 Å². The number of nitrogens with zero attached hydrogens (tertiary/aromatic N) is 5. The van der Waals surface area contributed by atoms with E-state index in [0.717, 1.165) is 40.8 Å². The van der Waals surface area contributed by atoms with Crippen molar-refractivity contribution in [1.29, 1.82) is 0 Å². The summed E-state index contributed by atoms with van der Waals surface area (Å²) in [5.74, 6) is 1.55. The van der Waals surface area contributed by atoms with E-state index in [4.69, 9.17) is 4.99 Å². The molecule has 8 heteroatoms. The molecule has 0 bridgehead atoms. The molecule has 7 nitrogen and oxygen atoms in total. The SMILES string of the molecule is Cc1cc([N+](=O)[O-])ccc1N=C1SCC(Cc2cn(CC(C)C)cn2)N1C. The van der Waals surface area contributed by atoms with Gasteiger partial charge in [-0.15, -0.1) is 0 Å². The molecule has 3 rings (SSSR count). The molecule has 1 fully saturated rings. The summed E-state index contributed by atoms with van der Waals surface area (Å²) < 4.78 is 2.15. The van der Waals surface area contributed by atoms with E-state index in [1.807, 2.05) is 13.3 Å². The van der Waals surface area contributed by atoms with Crippen LogP contribution in [0, 0.1) is 23.0 Å².